The molecule has 2 aliphatic heterocycles. The van der Waals surface area contributed by atoms with Crippen molar-refractivity contribution in [3.05, 3.63) is 72.2 Å². The normalized spacial score (nSPS) is 16.1. The number of rotatable bonds is 3. The Kier molecular flexibility index (Phi) is 4.56. The minimum absolute atomic E-state index is 0.0400. The second-order valence-corrected chi connectivity index (χ2v) is 7.24. The smallest absolute Gasteiger partial charge is 0.272 e. The van der Waals surface area contributed by atoms with E-state index < -0.39 is 0 Å². The van der Waals surface area contributed by atoms with Gasteiger partial charge in [0.15, 0.2) is 0 Å². The van der Waals surface area contributed by atoms with Crippen LogP contribution in [0.25, 0.3) is 0 Å². The van der Waals surface area contributed by atoms with Crippen molar-refractivity contribution in [2.75, 3.05) is 42.5 Å². The van der Waals surface area contributed by atoms with Crippen LogP contribution in [0.1, 0.15) is 16.1 Å². The van der Waals surface area contributed by atoms with Crippen LogP contribution >= 0.6 is 0 Å². The van der Waals surface area contributed by atoms with E-state index in [-0.39, 0.29) is 5.91 Å². The molecule has 1 fully saturated rings. The third kappa shape index (κ3) is 3.40. The lowest BCUT2D eigenvalue weighted by atomic mass is 10.2. The number of pyridine rings is 1. The van der Waals surface area contributed by atoms with Crippen molar-refractivity contribution < 1.29 is 4.79 Å². The molecule has 7 heteroatoms. The van der Waals surface area contributed by atoms with Crippen LogP contribution in [0.15, 0.2) is 60.9 Å². The predicted molar refractivity (Wildman–Crippen MR) is 112 cm³/mol. The average molecular weight is 386 g/mol. The van der Waals surface area contributed by atoms with Crippen molar-refractivity contribution in [1.82, 2.24) is 19.9 Å². The lowest BCUT2D eigenvalue weighted by Gasteiger charge is -2.35. The Morgan fingerprint density at radius 3 is 2.48 bits per heavy atom. The third-order valence-corrected chi connectivity index (χ3v) is 5.53. The standard InChI is InChI=1S/C22H22N6O/c29-21(27-15-13-26(14-16-27)20-7-3-4-10-23-20)18-8-11-24-22(25-18)28-12-9-17-5-1-2-6-19(17)28/h1-8,10-11H,9,12-16H2. The van der Waals surface area contributed by atoms with Gasteiger partial charge in [-0.1, -0.05) is 24.3 Å². The molecule has 3 aromatic rings. The van der Waals surface area contributed by atoms with Gasteiger partial charge in [-0.15, -0.1) is 0 Å². The highest BCUT2D eigenvalue weighted by molar-refractivity contribution is 5.92. The summed E-state index contributed by atoms with van der Waals surface area (Å²) in [4.78, 5) is 32.6. The van der Waals surface area contributed by atoms with Gasteiger partial charge in [-0.25, -0.2) is 15.0 Å². The van der Waals surface area contributed by atoms with Crippen molar-refractivity contribution in [1.29, 1.82) is 0 Å². The molecular weight excluding hydrogens is 364 g/mol. The second kappa shape index (κ2) is 7.50. The van der Waals surface area contributed by atoms with Gasteiger partial charge in [0.25, 0.3) is 5.91 Å². The highest BCUT2D eigenvalue weighted by Gasteiger charge is 2.26. The summed E-state index contributed by atoms with van der Waals surface area (Å²) in [7, 11) is 0. The van der Waals surface area contributed by atoms with Crippen molar-refractivity contribution in [2.24, 2.45) is 0 Å². The maximum Gasteiger partial charge on any atom is 0.272 e. The Labute approximate surface area is 169 Å². The van der Waals surface area contributed by atoms with E-state index in [4.69, 9.17) is 0 Å². The van der Waals surface area contributed by atoms with Gasteiger partial charge in [-0.2, -0.15) is 0 Å². The van der Waals surface area contributed by atoms with Crippen molar-refractivity contribution in [2.45, 2.75) is 6.42 Å². The second-order valence-electron chi connectivity index (χ2n) is 7.24. The molecule has 4 heterocycles. The Morgan fingerprint density at radius 1 is 0.828 bits per heavy atom. The number of para-hydroxylation sites is 1. The minimum Gasteiger partial charge on any atom is -0.353 e. The summed E-state index contributed by atoms with van der Waals surface area (Å²) in [5.41, 5.74) is 2.87. The summed E-state index contributed by atoms with van der Waals surface area (Å²) in [5.74, 6) is 1.51. The fourth-order valence-electron chi connectivity index (χ4n) is 3.99. The van der Waals surface area contributed by atoms with Gasteiger partial charge < -0.3 is 14.7 Å². The van der Waals surface area contributed by atoms with E-state index in [0.29, 0.717) is 24.7 Å². The van der Waals surface area contributed by atoms with Gasteiger partial charge >= 0.3 is 0 Å². The van der Waals surface area contributed by atoms with E-state index in [0.717, 1.165) is 37.6 Å². The van der Waals surface area contributed by atoms with Gasteiger partial charge in [0.2, 0.25) is 5.95 Å². The molecule has 2 aliphatic rings. The first kappa shape index (κ1) is 17.6. The van der Waals surface area contributed by atoms with E-state index in [9.17, 15) is 4.79 Å². The molecule has 0 radical (unpaired) electrons. The number of anilines is 3. The van der Waals surface area contributed by atoms with Crippen molar-refractivity contribution >= 4 is 23.4 Å². The molecule has 5 rings (SSSR count). The van der Waals surface area contributed by atoms with Crippen LogP contribution in [0.4, 0.5) is 17.5 Å². The van der Waals surface area contributed by atoms with E-state index >= 15 is 0 Å². The van der Waals surface area contributed by atoms with E-state index in [1.165, 1.54) is 5.56 Å². The van der Waals surface area contributed by atoms with Gasteiger partial charge in [0.05, 0.1) is 0 Å². The summed E-state index contributed by atoms with van der Waals surface area (Å²) in [6.07, 6.45) is 4.44. The number of hydrogen-bond donors (Lipinski definition) is 0. The zero-order chi connectivity index (χ0) is 19.6. The SMILES string of the molecule is O=C(c1ccnc(N2CCc3ccccc32)n1)N1CCN(c2ccccn2)CC1. The Hall–Kier alpha value is -3.48. The number of aromatic nitrogens is 3. The molecule has 29 heavy (non-hydrogen) atoms. The maximum atomic E-state index is 13.0. The van der Waals surface area contributed by atoms with Gasteiger partial charge in [-0.05, 0) is 36.2 Å². The quantitative estimate of drug-likeness (QED) is 0.689. The highest BCUT2D eigenvalue weighted by Crippen LogP contribution is 2.32. The molecular formula is C22H22N6O. The number of benzene rings is 1. The first-order valence-corrected chi connectivity index (χ1v) is 9.93. The summed E-state index contributed by atoms with van der Waals surface area (Å²) >= 11 is 0. The largest absolute Gasteiger partial charge is 0.353 e. The fraction of sp³-hybridized carbons (Fsp3) is 0.273. The van der Waals surface area contributed by atoms with Crippen LogP contribution in [0.3, 0.4) is 0 Å². The van der Waals surface area contributed by atoms with Crippen LogP contribution in [0.5, 0.6) is 0 Å². The maximum absolute atomic E-state index is 13.0. The van der Waals surface area contributed by atoms with Gasteiger partial charge in [-0.3, -0.25) is 4.79 Å². The number of nitrogens with zero attached hydrogens (tertiary/aromatic N) is 6. The monoisotopic (exact) mass is 386 g/mol. The Balaban J connectivity index is 1.30. The van der Waals surface area contributed by atoms with E-state index in [1.54, 1.807) is 18.5 Å². The summed E-state index contributed by atoms with van der Waals surface area (Å²) in [5, 5.41) is 0. The lowest BCUT2D eigenvalue weighted by Crippen LogP contribution is -2.49. The van der Waals surface area contributed by atoms with Crippen LogP contribution in [0.2, 0.25) is 0 Å². The number of hydrogen-bond acceptors (Lipinski definition) is 6. The lowest BCUT2D eigenvalue weighted by molar-refractivity contribution is 0.0740. The summed E-state index contributed by atoms with van der Waals surface area (Å²) in [6, 6.07) is 15.9. The van der Waals surface area contributed by atoms with Crippen LogP contribution < -0.4 is 9.80 Å². The average Bonchev–Trinajstić information content (AvgIpc) is 3.24. The first-order chi connectivity index (χ1) is 14.3. The topological polar surface area (TPSA) is 65.5 Å². The molecule has 0 unspecified atom stereocenters. The number of fused-ring (bicyclic) bond motifs is 1. The van der Waals surface area contributed by atoms with E-state index in [2.05, 4.69) is 36.9 Å². The minimum atomic E-state index is -0.0400. The predicted octanol–water partition coefficient (Wildman–Crippen LogP) is 2.53. The van der Waals surface area contributed by atoms with Crippen molar-refractivity contribution in [3.8, 4) is 0 Å². The first-order valence-electron chi connectivity index (χ1n) is 9.93. The Morgan fingerprint density at radius 2 is 1.66 bits per heavy atom. The molecule has 0 N–H and O–H groups in total. The summed E-state index contributed by atoms with van der Waals surface area (Å²) in [6.45, 7) is 3.67. The highest BCUT2D eigenvalue weighted by atomic mass is 16.2. The third-order valence-electron chi connectivity index (χ3n) is 5.53. The molecule has 2 aromatic heterocycles. The molecule has 1 aromatic carbocycles. The van der Waals surface area contributed by atoms with Gasteiger partial charge in [0, 0.05) is 50.8 Å². The zero-order valence-electron chi connectivity index (χ0n) is 16.1. The molecule has 0 saturated carbocycles. The molecule has 0 bridgehead atoms. The number of amides is 1. The molecule has 7 nitrogen and oxygen atoms in total. The van der Waals surface area contributed by atoms with Gasteiger partial charge in [0.1, 0.15) is 11.5 Å². The van der Waals surface area contributed by atoms with E-state index in [1.807, 2.05) is 35.2 Å². The number of carbonyl (C=O) groups is 1. The van der Waals surface area contributed by atoms with Crippen molar-refractivity contribution in [3.63, 3.8) is 0 Å². The summed E-state index contributed by atoms with van der Waals surface area (Å²) < 4.78 is 0. The fourth-order valence-corrected chi connectivity index (χ4v) is 3.99. The molecule has 1 amide bonds. The zero-order valence-corrected chi connectivity index (χ0v) is 16.1. The number of carbonyl (C=O) groups excluding carboxylic acids is 1. The van der Waals surface area contributed by atoms with Crippen LogP contribution in [0, 0.1) is 0 Å². The molecule has 1 saturated heterocycles. The number of piperazine rings is 1. The molecule has 0 atom stereocenters. The Bertz CT molecular complexity index is 1020. The molecule has 0 aliphatic carbocycles. The van der Waals surface area contributed by atoms with Crippen LogP contribution in [-0.2, 0) is 6.42 Å². The van der Waals surface area contributed by atoms with Crippen LogP contribution in [-0.4, -0.2) is 58.5 Å². The molecule has 146 valence electrons. The molecule has 0 spiro atoms.